The Kier molecular flexibility index (Phi) is 4.04. The van der Waals surface area contributed by atoms with E-state index in [4.69, 9.17) is 10.5 Å². The number of nitrogens with two attached hydrogens (primary N) is 1. The van der Waals surface area contributed by atoms with Crippen molar-refractivity contribution in [2.75, 3.05) is 5.73 Å². The van der Waals surface area contributed by atoms with Crippen LogP contribution in [0.4, 0.5) is 5.69 Å². The Labute approximate surface area is 135 Å². The van der Waals surface area contributed by atoms with Gasteiger partial charge in [0.25, 0.3) is 0 Å². The number of anilines is 1. The van der Waals surface area contributed by atoms with Crippen LogP contribution in [0.3, 0.4) is 0 Å². The average Bonchev–Trinajstić information content (AvgIpc) is 2.58. The van der Waals surface area contributed by atoms with Crippen molar-refractivity contribution in [2.45, 2.75) is 9.79 Å². The van der Waals surface area contributed by atoms with Crippen LogP contribution >= 0.6 is 0 Å². The lowest BCUT2D eigenvalue weighted by molar-refractivity contribution is 0.481. The first kappa shape index (κ1) is 15.1. The van der Waals surface area contributed by atoms with Crippen LogP contribution in [0.25, 0.3) is 0 Å². The van der Waals surface area contributed by atoms with Gasteiger partial charge >= 0.3 is 0 Å². The van der Waals surface area contributed by atoms with Gasteiger partial charge in [0.15, 0.2) is 0 Å². The highest BCUT2D eigenvalue weighted by molar-refractivity contribution is 7.91. The minimum absolute atomic E-state index is 0.191. The third-order valence-electron chi connectivity index (χ3n) is 3.29. The predicted octanol–water partition coefficient (Wildman–Crippen LogP) is 3.89. The first-order valence-electron chi connectivity index (χ1n) is 6.99. The normalized spacial score (nSPS) is 11.1. The summed E-state index contributed by atoms with van der Waals surface area (Å²) in [6.07, 6.45) is 0. The van der Waals surface area contributed by atoms with E-state index in [-0.39, 0.29) is 9.79 Å². The second-order valence-corrected chi connectivity index (χ2v) is 6.91. The highest BCUT2D eigenvalue weighted by Gasteiger charge is 2.17. The van der Waals surface area contributed by atoms with Crippen molar-refractivity contribution >= 4 is 15.5 Å². The van der Waals surface area contributed by atoms with Gasteiger partial charge in [0.2, 0.25) is 9.84 Å². The van der Waals surface area contributed by atoms with E-state index in [0.717, 1.165) is 0 Å². The maximum absolute atomic E-state index is 12.6. The molecular formula is C18H15NO3S. The molecule has 0 saturated heterocycles. The summed E-state index contributed by atoms with van der Waals surface area (Å²) in [5.41, 5.74) is 6.27. The molecule has 23 heavy (non-hydrogen) atoms. The molecule has 0 bridgehead atoms. The number of sulfone groups is 1. The van der Waals surface area contributed by atoms with Gasteiger partial charge in [-0.05, 0) is 54.6 Å². The second-order valence-electron chi connectivity index (χ2n) is 4.96. The quantitative estimate of drug-likeness (QED) is 0.739. The van der Waals surface area contributed by atoms with Crippen LogP contribution in [0, 0.1) is 0 Å². The summed E-state index contributed by atoms with van der Waals surface area (Å²) in [6, 6.07) is 21.6. The molecule has 0 heterocycles. The fourth-order valence-corrected chi connectivity index (χ4v) is 3.43. The van der Waals surface area contributed by atoms with Crippen LogP contribution < -0.4 is 10.5 Å². The topological polar surface area (TPSA) is 69.4 Å². The van der Waals surface area contributed by atoms with Crippen molar-refractivity contribution in [3.63, 3.8) is 0 Å². The van der Waals surface area contributed by atoms with Crippen molar-refractivity contribution < 1.29 is 13.2 Å². The zero-order valence-electron chi connectivity index (χ0n) is 12.2. The number of hydrogen-bond donors (Lipinski definition) is 1. The average molecular weight is 325 g/mol. The standard InChI is InChI=1S/C18H15NO3S/c19-14-9-11-15(12-10-14)22-16-5-4-8-18(13-16)23(20,21)17-6-2-1-3-7-17/h1-13H,19H2. The van der Waals surface area contributed by atoms with E-state index in [2.05, 4.69) is 0 Å². The van der Waals surface area contributed by atoms with Crippen LogP contribution in [0.5, 0.6) is 11.5 Å². The highest BCUT2D eigenvalue weighted by Crippen LogP contribution is 2.27. The molecule has 2 N–H and O–H groups in total. The molecule has 0 amide bonds. The Hall–Kier alpha value is -2.79. The van der Waals surface area contributed by atoms with Crippen molar-refractivity contribution in [3.05, 3.63) is 78.9 Å². The SMILES string of the molecule is Nc1ccc(Oc2cccc(S(=O)(=O)c3ccccc3)c2)cc1. The van der Waals surface area contributed by atoms with Crippen LogP contribution in [-0.4, -0.2) is 8.42 Å². The van der Waals surface area contributed by atoms with Gasteiger partial charge in [0.05, 0.1) is 9.79 Å². The fourth-order valence-electron chi connectivity index (χ4n) is 2.11. The number of hydrogen-bond acceptors (Lipinski definition) is 4. The van der Waals surface area contributed by atoms with Crippen LogP contribution in [0.15, 0.2) is 88.7 Å². The first-order valence-corrected chi connectivity index (χ1v) is 8.48. The molecule has 0 aliphatic rings. The molecule has 0 aliphatic heterocycles. The Morgan fingerprint density at radius 2 is 1.35 bits per heavy atom. The molecule has 0 aliphatic carbocycles. The van der Waals surface area contributed by atoms with Gasteiger partial charge in [0, 0.05) is 5.69 Å². The van der Waals surface area contributed by atoms with E-state index in [1.807, 2.05) is 0 Å². The maximum atomic E-state index is 12.6. The van der Waals surface area contributed by atoms with Crippen molar-refractivity contribution in [1.29, 1.82) is 0 Å². The Morgan fingerprint density at radius 3 is 2.04 bits per heavy atom. The lowest BCUT2D eigenvalue weighted by Gasteiger charge is -2.09. The summed E-state index contributed by atoms with van der Waals surface area (Å²) in [5.74, 6) is 1.04. The van der Waals surface area contributed by atoms with Crippen molar-refractivity contribution in [3.8, 4) is 11.5 Å². The van der Waals surface area contributed by atoms with Gasteiger partial charge in [0.1, 0.15) is 11.5 Å². The summed E-state index contributed by atoms with van der Waals surface area (Å²) in [5, 5.41) is 0. The molecule has 116 valence electrons. The molecule has 0 fully saturated rings. The van der Waals surface area contributed by atoms with Crippen LogP contribution in [0.1, 0.15) is 0 Å². The third kappa shape index (κ3) is 3.35. The number of nitrogen functional groups attached to an aromatic ring is 1. The molecule has 0 atom stereocenters. The molecule has 0 aromatic heterocycles. The third-order valence-corrected chi connectivity index (χ3v) is 5.05. The molecule has 0 saturated carbocycles. The van der Waals surface area contributed by atoms with Gasteiger partial charge in [-0.3, -0.25) is 0 Å². The Bertz CT molecular complexity index is 905. The molecule has 0 unspecified atom stereocenters. The molecule has 5 heteroatoms. The second kappa shape index (κ2) is 6.14. The van der Waals surface area contributed by atoms with E-state index in [0.29, 0.717) is 17.2 Å². The summed E-state index contributed by atoms with van der Waals surface area (Å²) >= 11 is 0. The first-order chi connectivity index (χ1) is 11.1. The Morgan fingerprint density at radius 1 is 0.696 bits per heavy atom. The highest BCUT2D eigenvalue weighted by atomic mass is 32.2. The zero-order valence-corrected chi connectivity index (χ0v) is 13.0. The number of benzene rings is 3. The maximum Gasteiger partial charge on any atom is 0.206 e. The van der Waals surface area contributed by atoms with E-state index < -0.39 is 9.84 Å². The minimum Gasteiger partial charge on any atom is -0.457 e. The zero-order chi connectivity index (χ0) is 16.3. The molecule has 3 aromatic rings. The van der Waals surface area contributed by atoms with Gasteiger partial charge in [-0.15, -0.1) is 0 Å². The van der Waals surface area contributed by atoms with E-state index in [9.17, 15) is 8.42 Å². The summed E-state index contributed by atoms with van der Waals surface area (Å²) in [4.78, 5) is 0.446. The minimum atomic E-state index is -3.56. The van der Waals surface area contributed by atoms with Gasteiger partial charge in [-0.2, -0.15) is 0 Å². The molecular weight excluding hydrogens is 310 g/mol. The molecule has 0 spiro atoms. The molecule has 3 aromatic carbocycles. The summed E-state index contributed by atoms with van der Waals surface area (Å²) < 4.78 is 30.9. The van der Waals surface area contributed by atoms with Crippen LogP contribution in [0.2, 0.25) is 0 Å². The molecule has 0 radical (unpaired) electrons. The summed E-state index contributed by atoms with van der Waals surface area (Å²) in [7, 11) is -3.56. The fraction of sp³-hybridized carbons (Fsp3) is 0. The van der Waals surface area contributed by atoms with Crippen molar-refractivity contribution in [2.24, 2.45) is 0 Å². The largest absolute Gasteiger partial charge is 0.457 e. The molecule has 4 nitrogen and oxygen atoms in total. The van der Waals surface area contributed by atoms with E-state index >= 15 is 0 Å². The predicted molar refractivity (Wildman–Crippen MR) is 89.3 cm³/mol. The van der Waals surface area contributed by atoms with Gasteiger partial charge in [-0.1, -0.05) is 24.3 Å². The van der Waals surface area contributed by atoms with E-state index in [1.54, 1.807) is 72.8 Å². The van der Waals surface area contributed by atoms with Gasteiger partial charge < -0.3 is 10.5 Å². The summed E-state index contributed by atoms with van der Waals surface area (Å²) in [6.45, 7) is 0. The lowest BCUT2D eigenvalue weighted by Crippen LogP contribution is -2.01. The Balaban J connectivity index is 1.92. The number of rotatable bonds is 4. The van der Waals surface area contributed by atoms with Crippen molar-refractivity contribution in [1.82, 2.24) is 0 Å². The smallest absolute Gasteiger partial charge is 0.206 e. The number of ether oxygens (including phenoxy) is 1. The van der Waals surface area contributed by atoms with Gasteiger partial charge in [-0.25, -0.2) is 8.42 Å². The lowest BCUT2D eigenvalue weighted by atomic mass is 10.3. The monoisotopic (exact) mass is 325 g/mol. The molecule has 3 rings (SSSR count). The van der Waals surface area contributed by atoms with E-state index in [1.165, 1.54) is 6.07 Å². The van der Waals surface area contributed by atoms with Crippen LogP contribution in [-0.2, 0) is 9.84 Å².